The average molecular weight is 309 g/mol. The quantitative estimate of drug-likeness (QED) is 0.865. The highest BCUT2D eigenvalue weighted by atomic mass is 32.1. The van der Waals surface area contributed by atoms with Crippen LogP contribution in [0, 0.1) is 13.8 Å². The van der Waals surface area contributed by atoms with Crippen molar-refractivity contribution in [1.29, 1.82) is 0 Å². The Morgan fingerprint density at radius 1 is 1.48 bits per heavy atom. The molecule has 2 rings (SSSR count). The first kappa shape index (κ1) is 15.4. The highest BCUT2D eigenvalue weighted by Crippen LogP contribution is 2.05. The van der Waals surface area contributed by atoms with Gasteiger partial charge in [-0.25, -0.2) is 4.98 Å². The lowest BCUT2D eigenvalue weighted by Crippen LogP contribution is -2.27. The van der Waals surface area contributed by atoms with Crippen LogP contribution in [0.2, 0.25) is 0 Å². The van der Waals surface area contributed by atoms with E-state index in [0.29, 0.717) is 31.8 Å². The van der Waals surface area contributed by atoms with Gasteiger partial charge in [-0.15, -0.1) is 0 Å². The van der Waals surface area contributed by atoms with Crippen LogP contribution < -0.4 is 4.87 Å². The molecule has 1 N–H and O–H groups in total. The van der Waals surface area contributed by atoms with Crippen LogP contribution >= 0.6 is 11.3 Å². The molecule has 8 heteroatoms. The van der Waals surface area contributed by atoms with E-state index in [9.17, 15) is 9.59 Å². The van der Waals surface area contributed by atoms with Crippen molar-refractivity contribution in [2.75, 3.05) is 7.05 Å². The molecule has 0 spiro atoms. The van der Waals surface area contributed by atoms with Gasteiger partial charge in [0, 0.05) is 31.1 Å². The Balaban J connectivity index is 1.80. The number of aromatic amines is 1. The van der Waals surface area contributed by atoms with E-state index in [-0.39, 0.29) is 10.8 Å². The van der Waals surface area contributed by atoms with Crippen LogP contribution in [0.3, 0.4) is 0 Å². The minimum Gasteiger partial charge on any atom is -0.338 e. The van der Waals surface area contributed by atoms with E-state index >= 15 is 0 Å². The van der Waals surface area contributed by atoms with E-state index in [2.05, 4.69) is 15.2 Å². The van der Waals surface area contributed by atoms with Gasteiger partial charge < -0.3 is 9.47 Å². The minimum absolute atomic E-state index is 0.0263. The Hall–Kier alpha value is -1.96. The molecule has 1 amide bonds. The zero-order valence-electron chi connectivity index (χ0n) is 12.4. The summed E-state index contributed by atoms with van der Waals surface area (Å²) in [6.45, 7) is 4.69. The van der Waals surface area contributed by atoms with Gasteiger partial charge in [0.1, 0.15) is 5.82 Å². The Bertz CT molecular complexity index is 672. The molecule has 7 nitrogen and oxygen atoms in total. The number of amides is 1. The summed E-state index contributed by atoms with van der Waals surface area (Å²) in [7, 11) is 1.73. The molecule has 0 radical (unpaired) electrons. The minimum atomic E-state index is 0.0263. The van der Waals surface area contributed by atoms with Crippen molar-refractivity contribution < 1.29 is 4.79 Å². The number of carbonyl (C=O) groups excluding carboxylic acids is 1. The summed E-state index contributed by atoms with van der Waals surface area (Å²) in [5, 5.41) is 8.59. The fourth-order valence-electron chi connectivity index (χ4n) is 2.01. The standard InChI is InChI=1S/C13H19N5O2S/c1-9-8-21-13(20)18(9)6-4-5-12(19)17(3)7-11-14-10(2)15-16-11/h8H,4-7H2,1-3H3,(H,14,15,16). The van der Waals surface area contributed by atoms with Gasteiger partial charge in [-0.1, -0.05) is 11.3 Å². The molecule has 2 aromatic rings. The molecular weight excluding hydrogens is 290 g/mol. The molecule has 0 aliphatic heterocycles. The van der Waals surface area contributed by atoms with Gasteiger partial charge in [0.25, 0.3) is 0 Å². The molecule has 0 aliphatic carbocycles. The van der Waals surface area contributed by atoms with Crippen LogP contribution in [0.15, 0.2) is 10.2 Å². The summed E-state index contributed by atoms with van der Waals surface area (Å²) in [5.41, 5.74) is 0.946. The van der Waals surface area contributed by atoms with Crippen LogP contribution in [0.5, 0.6) is 0 Å². The Morgan fingerprint density at radius 2 is 2.24 bits per heavy atom. The average Bonchev–Trinajstić information content (AvgIpc) is 2.98. The zero-order chi connectivity index (χ0) is 15.4. The van der Waals surface area contributed by atoms with Crippen LogP contribution in [-0.2, 0) is 17.9 Å². The second-order valence-electron chi connectivity index (χ2n) is 4.99. The van der Waals surface area contributed by atoms with Gasteiger partial charge in [0.05, 0.1) is 6.54 Å². The number of hydrogen-bond acceptors (Lipinski definition) is 5. The van der Waals surface area contributed by atoms with Crippen LogP contribution in [0.4, 0.5) is 0 Å². The first-order valence-corrected chi connectivity index (χ1v) is 7.62. The smallest absolute Gasteiger partial charge is 0.307 e. The third-order valence-corrected chi connectivity index (χ3v) is 4.08. The van der Waals surface area contributed by atoms with E-state index in [1.807, 2.05) is 19.2 Å². The topological polar surface area (TPSA) is 83.9 Å². The van der Waals surface area contributed by atoms with E-state index in [0.717, 1.165) is 11.5 Å². The lowest BCUT2D eigenvalue weighted by atomic mass is 10.2. The molecule has 2 aromatic heterocycles. The molecule has 0 saturated carbocycles. The summed E-state index contributed by atoms with van der Waals surface area (Å²) >= 11 is 1.19. The van der Waals surface area contributed by atoms with Gasteiger partial charge in [0.2, 0.25) is 5.91 Å². The summed E-state index contributed by atoms with van der Waals surface area (Å²) in [5.74, 6) is 1.37. The molecule has 0 atom stereocenters. The van der Waals surface area contributed by atoms with E-state index in [4.69, 9.17) is 0 Å². The van der Waals surface area contributed by atoms with Crippen LogP contribution in [-0.4, -0.2) is 37.6 Å². The van der Waals surface area contributed by atoms with Gasteiger partial charge >= 0.3 is 4.87 Å². The maximum absolute atomic E-state index is 12.0. The molecule has 0 unspecified atom stereocenters. The van der Waals surface area contributed by atoms with E-state index in [1.54, 1.807) is 16.5 Å². The lowest BCUT2D eigenvalue weighted by Gasteiger charge is -2.15. The monoisotopic (exact) mass is 309 g/mol. The Morgan fingerprint density at radius 3 is 2.81 bits per heavy atom. The number of nitrogens with one attached hydrogen (secondary N) is 1. The fourth-order valence-corrected chi connectivity index (χ4v) is 2.77. The number of aromatic nitrogens is 4. The van der Waals surface area contributed by atoms with Gasteiger partial charge in [-0.05, 0) is 20.3 Å². The van der Waals surface area contributed by atoms with Gasteiger partial charge in [0.15, 0.2) is 5.82 Å². The van der Waals surface area contributed by atoms with E-state index < -0.39 is 0 Å². The second kappa shape index (κ2) is 6.66. The highest BCUT2D eigenvalue weighted by molar-refractivity contribution is 7.07. The summed E-state index contributed by atoms with van der Waals surface area (Å²) < 4.78 is 1.70. The third-order valence-electron chi connectivity index (χ3n) is 3.20. The molecule has 2 heterocycles. The second-order valence-corrected chi connectivity index (χ2v) is 5.81. The Labute approximate surface area is 126 Å². The number of H-pyrrole nitrogens is 1. The third kappa shape index (κ3) is 4.01. The van der Waals surface area contributed by atoms with Gasteiger partial charge in [-0.3, -0.25) is 14.7 Å². The molecule has 0 aromatic carbocycles. The highest BCUT2D eigenvalue weighted by Gasteiger charge is 2.12. The van der Waals surface area contributed by atoms with Crippen molar-refractivity contribution >= 4 is 17.2 Å². The molecule has 21 heavy (non-hydrogen) atoms. The lowest BCUT2D eigenvalue weighted by molar-refractivity contribution is -0.130. The van der Waals surface area contributed by atoms with Crippen molar-refractivity contribution in [3.8, 4) is 0 Å². The molecule has 114 valence electrons. The summed E-state index contributed by atoms with van der Waals surface area (Å²) in [6, 6.07) is 0. The number of aryl methyl sites for hydroxylation is 2. The normalized spacial score (nSPS) is 10.8. The molecule has 0 fully saturated rings. The predicted octanol–water partition coefficient (Wildman–Crippen LogP) is 1.08. The van der Waals surface area contributed by atoms with Crippen LogP contribution in [0.25, 0.3) is 0 Å². The van der Waals surface area contributed by atoms with Crippen molar-refractivity contribution in [1.82, 2.24) is 24.6 Å². The largest absolute Gasteiger partial charge is 0.338 e. The molecular formula is C13H19N5O2S. The number of thiazole rings is 1. The fraction of sp³-hybridized carbons (Fsp3) is 0.538. The van der Waals surface area contributed by atoms with Crippen molar-refractivity contribution in [2.24, 2.45) is 0 Å². The maximum atomic E-state index is 12.0. The first-order chi connectivity index (χ1) is 9.97. The SMILES string of the molecule is Cc1nc(CN(C)C(=O)CCCn2c(C)csc2=O)n[nH]1. The molecule has 0 aliphatic rings. The van der Waals surface area contributed by atoms with Gasteiger partial charge in [-0.2, -0.15) is 5.10 Å². The molecule has 0 saturated heterocycles. The maximum Gasteiger partial charge on any atom is 0.307 e. The van der Waals surface area contributed by atoms with Crippen molar-refractivity contribution in [2.45, 2.75) is 39.8 Å². The summed E-state index contributed by atoms with van der Waals surface area (Å²) in [4.78, 5) is 29.4. The van der Waals surface area contributed by atoms with Crippen LogP contribution in [0.1, 0.15) is 30.2 Å². The van der Waals surface area contributed by atoms with Crippen molar-refractivity contribution in [3.05, 3.63) is 32.4 Å². The molecule has 0 bridgehead atoms. The number of nitrogens with zero attached hydrogens (tertiary/aromatic N) is 4. The number of hydrogen-bond donors (Lipinski definition) is 1. The Kier molecular flexibility index (Phi) is 4.89. The predicted molar refractivity (Wildman–Crippen MR) is 80.1 cm³/mol. The number of carbonyl (C=O) groups is 1. The zero-order valence-corrected chi connectivity index (χ0v) is 13.2. The summed E-state index contributed by atoms with van der Waals surface area (Å²) in [6.07, 6.45) is 1.05. The van der Waals surface area contributed by atoms with Crippen molar-refractivity contribution in [3.63, 3.8) is 0 Å². The first-order valence-electron chi connectivity index (χ1n) is 6.74. The number of rotatable bonds is 6. The van der Waals surface area contributed by atoms with E-state index in [1.165, 1.54) is 11.3 Å².